The third-order valence-corrected chi connectivity index (χ3v) is 4.80. The Balaban J connectivity index is 1.75. The number of carbonyl (C=O) groups excluding carboxylic acids is 1. The lowest BCUT2D eigenvalue weighted by Gasteiger charge is -2.07. The Morgan fingerprint density at radius 3 is 2.54 bits per heavy atom. The molecule has 0 amide bonds. The number of nitrogens with zero attached hydrogens (tertiary/aromatic N) is 1. The van der Waals surface area contributed by atoms with Crippen LogP contribution in [0, 0.1) is 6.92 Å². The molecule has 0 atom stereocenters. The van der Waals surface area contributed by atoms with Crippen LogP contribution >= 0.6 is 22.9 Å². The first-order chi connectivity index (χ1) is 11.6. The zero-order valence-electron chi connectivity index (χ0n) is 13.4. The molecule has 0 aliphatic heterocycles. The molecule has 3 rings (SSSR count). The van der Waals surface area contributed by atoms with E-state index in [2.05, 4.69) is 4.98 Å². The smallest absolute Gasteiger partial charge is 0.168 e. The van der Waals surface area contributed by atoms with Crippen molar-refractivity contribution in [3.8, 4) is 17.0 Å². The van der Waals surface area contributed by atoms with Gasteiger partial charge in [0.25, 0.3) is 0 Å². The Kier molecular flexibility index (Phi) is 4.97. The van der Waals surface area contributed by atoms with E-state index in [1.54, 1.807) is 36.6 Å². The summed E-state index contributed by atoms with van der Waals surface area (Å²) >= 11 is 7.79. The summed E-state index contributed by atoms with van der Waals surface area (Å²) in [6.45, 7) is 1.99. The number of halogens is 1. The first-order valence-corrected chi connectivity index (χ1v) is 8.71. The lowest BCUT2D eigenvalue weighted by atomic mass is 10.0. The van der Waals surface area contributed by atoms with E-state index >= 15 is 0 Å². The maximum Gasteiger partial charge on any atom is 0.168 e. The van der Waals surface area contributed by atoms with Gasteiger partial charge in [0.2, 0.25) is 0 Å². The summed E-state index contributed by atoms with van der Waals surface area (Å²) in [5, 5.41) is 3.49. The van der Waals surface area contributed by atoms with E-state index in [-0.39, 0.29) is 5.78 Å². The lowest BCUT2D eigenvalue weighted by molar-refractivity contribution is 0.0993. The maximum absolute atomic E-state index is 12.5. The summed E-state index contributed by atoms with van der Waals surface area (Å²) in [4.78, 5) is 16.9. The van der Waals surface area contributed by atoms with Crippen LogP contribution in [0.4, 0.5) is 0 Å². The monoisotopic (exact) mass is 357 g/mol. The largest absolute Gasteiger partial charge is 0.497 e. The van der Waals surface area contributed by atoms with Gasteiger partial charge in [-0.2, -0.15) is 0 Å². The molecule has 0 bridgehead atoms. The first kappa shape index (κ1) is 16.7. The van der Waals surface area contributed by atoms with Gasteiger partial charge in [0, 0.05) is 22.9 Å². The highest BCUT2D eigenvalue weighted by Crippen LogP contribution is 2.25. The van der Waals surface area contributed by atoms with Crippen LogP contribution < -0.4 is 4.74 Å². The van der Waals surface area contributed by atoms with Crippen LogP contribution in [0.5, 0.6) is 5.75 Å². The molecule has 1 heterocycles. The number of benzene rings is 2. The SMILES string of the molecule is COc1ccc(C(=O)Cc2ccc(-c3csc(C)n3)cc2)c(Cl)c1. The Morgan fingerprint density at radius 2 is 1.96 bits per heavy atom. The number of hydrogen-bond donors (Lipinski definition) is 0. The van der Waals surface area contributed by atoms with Gasteiger partial charge in [0.1, 0.15) is 5.75 Å². The number of rotatable bonds is 5. The van der Waals surface area contributed by atoms with Crippen molar-refractivity contribution < 1.29 is 9.53 Å². The summed E-state index contributed by atoms with van der Waals surface area (Å²) in [5.41, 5.74) is 3.48. The van der Waals surface area contributed by atoms with E-state index in [0.717, 1.165) is 21.8 Å². The van der Waals surface area contributed by atoms with E-state index in [4.69, 9.17) is 16.3 Å². The molecule has 0 saturated carbocycles. The highest BCUT2D eigenvalue weighted by Gasteiger charge is 2.12. The number of ketones is 1. The van der Waals surface area contributed by atoms with Crippen molar-refractivity contribution in [1.29, 1.82) is 0 Å². The molecule has 0 fully saturated rings. The minimum Gasteiger partial charge on any atom is -0.497 e. The topological polar surface area (TPSA) is 39.2 Å². The molecule has 3 aromatic rings. The van der Waals surface area contributed by atoms with Crippen molar-refractivity contribution in [3.05, 3.63) is 69.0 Å². The predicted molar refractivity (Wildman–Crippen MR) is 98.3 cm³/mol. The van der Waals surface area contributed by atoms with Crippen molar-refractivity contribution in [1.82, 2.24) is 4.98 Å². The third kappa shape index (κ3) is 3.66. The summed E-state index contributed by atoms with van der Waals surface area (Å²) < 4.78 is 5.10. The fourth-order valence-electron chi connectivity index (χ4n) is 2.42. The molecule has 0 aliphatic rings. The van der Waals surface area contributed by atoms with Crippen LogP contribution in [0.25, 0.3) is 11.3 Å². The fourth-order valence-corrected chi connectivity index (χ4v) is 3.32. The number of hydrogen-bond acceptors (Lipinski definition) is 4. The minimum atomic E-state index is -0.0140. The number of Topliss-reactive ketones (excluding diaryl/α,β-unsaturated/α-hetero) is 1. The molecule has 0 N–H and O–H groups in total. The molecule has 24 heavy (non-hydrogen) atoms. The van der Waals surface area contributed by atoms with Gasteiger partial charge in [-0.1, -0.05) is 35.9 Å². The Bertz CT molecular complexity index is 871. The van der Waals surface area contributed by atoms with Gasteiger partial charge in [-0.05, 0) is 30.7 Å². The number of carbonyl (C=O) groups is 1. The molecule has 3 nitrogen and oxygen atoms in total. The lowest BCUT2D eigenvalue weighted by Crippen LogP contribution is -2.04. The number of thiazole rings is 1. The molecule has 0 unspecified atom stereocenters. The van der Waals surface area contributed by atoms with Crippen LogP contribution in [0.1, 0.15) is 20.9 Å². The second-order valence-electron chi connectivity index (χ2n) is 5.39. The van der Waals surface area contributed by atoms with Gasteiger partial charge < -0.3 is 4.74 Å². The summed E-state index contributed by atoms with van der Waals surface area (Å²) in [6, 6.07) is 13.0. The zero-order chi connectivity index (χ0) is 17.1. The third-order valence-electron chi connectivity index (χ3n) is 3.71. The molecule has 0 aliphatic carbocycles. The molecular weight excluding hydrogens is 342 g/mol. The number of aromatic nitrogens is 1. The van der Waals surface area contributed by atoms with Crippen molar-refractivity contribution >= 4 is 28.7 Å². The van der Waals surface area contributed by atoms with Crippen LogP contribution in [-0.4, -0.2) is 17.9 Å². The van der Waals surface area contributed by atoms with E-state index in [1.165, 1.54) is 0 Å². The minimum absolute atomic E-state index is 0.0140. The normalized spacial score (nSPS) is 10.6. The number of ether oxygens (including phenoxy) is 1. The molecule has 1 aromatic heterocycles. The highest BCUT2D eigenvalue weighted by atomic mass is 35.5. The molecule has 122 valence electrons. The Morgan fingerprint density at radius 1 is 1.21 bits per heavy atom. The standard InChI is InChI=1S/C19H16ClNO2S/c1-12-21-18(11-24-12)14-5-3-13(4-6-14)9-19(22)16-8-7-15(23-2)10-17(16)20/h3-8,10-11H,9H2,1-2H3. The fraction of sp³-hybridized carbons (Fsp3) is 0.158. The first-order valence-electron chi connectivity index (χ1n) is 7.45. The Hall–Kier alpha value is -2.17. The van der Waals surface area contributed by atoms with Crippen molar-refractivity contribution in [2.45, 2.75) is 13.3 Å². The molecule has 5 heteroatoms. The molecule has 0 radical (unpaired) electrons. The van der Waals surface area contributed by atoms with Crippen LogP contribution in [-0.2, 0) is 6.42 Å². The molecule has 0 saturated heterocycles. The zero-order valence-corrected chi connectivity index (χ0v) is 14.9. The van der Waals surface area contributed by atoms with E-state index in [1.807, 2.05) is 36.6 Å². The van der Waals surface area contributed by atoms with E-state index in [9.17, 15) is 4.79 Å². The van der Waals surface area contributed by atoms with Gasteiger partial charge in [-0.3, -0.25) is 4.79 Å². The average molecular weight is 358 g/mol. The van der Waals surface area contributed by atoms with Crippen molar-refractivity contribution in [3.63, 3.8) is 0 Å². The molecular formula is C19H16ClNO2S. The molecule has 2 aromatic carbocycles. The maximum atomic E-state index is 12.5. The second-order valence-corrected chi connectivity index (χ2v) is 6.86. The van der Waals surface area contributed by atoms with Gasteiger partial charge >= 0.3 is 0 Å². The van der Waals surface area contributed by atoms with Crippen LogP contribution in [0.2, 0.25) is 5.02 Å². The van der Waals surface area contributed by atoms with Gasteiger partial charge in [-0.15, -0.1) is 11.3 Å². The van der Waals surface area contributed by atoms with Gasteiger partial charge in [0.15, 0.2) is 5.78 Å². The van der Waals surface area contributed by atoms with E-state index in [0.29, 0.717) is 22.8 Å². The average Bonchev–Trinajstić information content (AvgIpc) is 3.01. The van der Waals surface area contributed by atoms with Crippen LogP contribution in [0.3, 0.4) is 0 Å². The van der Waals surface area contributed by atoms with Gasteiger partial charge in [-0.25, -0.2) is 4.98 Å². The number of aryl methyl sites for hydroxylation is 1. The number of methoxy groups -OCH3 is 1. The van der Waals surface area contributed by atoms with Crippen LogP contribution in [0.15, 0.2) is 47.8 Å². The summed E-state index contributed by atoms with van der Waals surface area (Å²) in [7, 11) is 1.57. The quantitative estimate of drug-likeness (QED) is 0.589. The van der Waals surface area contributed by atoms with Gasteiger partial charge in [0.05, 0.1) is 22.8 Å². The molecule has 0 spiro atoms. The Labute approximate surface area is 149 Å². The van der Waals surface area contributed by atoms with Crippen molar-refractivity contribution in [2.24, 2.45) is 0 Å². The van der Waals surface area contributed by atoms with E-state index < -0.39 is 0 Å². The second kappa shape index (κ2) is 7.16. The van der Waals surface area contributed by atoms with Crippen molar-refractivity contribution in [2.75, 3.05) is 7.11 Å². The summed E-state index contributed by atoms with van der Waals surface area (Å²) in [6.07, 6.45) is 0.308. The predicted octanol–water partition coefficient (Wildman–Crippen LogP) is 5.21. The highest BCUT2D eigenvalue weighted by molar-refractivity contribution is 7.09. The summed E-state index contributed by atoms with van der Waals surface area (Å²) in [5.74, 6) is 0.624.